The van der Waals surface area contributed by atoms with Gasteiger partial charge in [-0.1, -0.05) is 0 Å². The van der Waals surface area contributed by atoms with E-state index in [9.17, 15) is 4.79 Å². The van der Waals surface area contributed by atoms with Gasteiger partial charge in [0, 0.05) is 24.5 Å². The van der Waals surface area contributed by atoms with Crippen LogP contribution in [-0.4, -0.2) is 20.1 Å². The lowest BCUT2D eigenvalue weighted by Gasteiger charge is -1.96. The molecular weight excluding hydrogens is 170 g/mol. The first-order valence-electron chi connectivity index (χ1n) is 3.69. The second kappa shape index (κ2) is 2.78. The van der Waals surface area contributed by atoms with Crippen molar-refractivity contribution >= 4 is 0 Å². The van der Waals surface area contributed by atoms with Gasteiger partial charge in [0.2, 0.25) is 0 Å². The van der Waals surface area contributed by atoms with Crippen LogP contribution in [0.3, 0.4) is 0 Å². The summed E-state index contributed by atoms with van der Waals surface area (Å²) in [5.41, 5.74) is 0.112. The van der Waals surface area contributed by atoms with Crippen molar-refractivity contribution in [1.29, 1.82) is 0 Å². The van der Waals surface area contributed by atoms with Gasteiger partial charge in [-0.2, -0.15) is 0 Å². The number of aromatic nitrogens is 3. The number of rotatable bonds is 1. The van der Waals surface area contributed by atoms with Crippen molar-refractivity contribution in [2.75, 3.05) is 0 Å². The molecule has 0 atom stereocenters. The van der Waals surface area contributed by atoms with E-state index in [1.54, 1.807) is 12.4 Å². The Morgan fingerprint density at radius 2 is 2.23 bits per heavy atom. The van der Waals surface area contributed by atoms with Gasteiger partial charge in [-0.05, 0) is 0 Å². The molecule has 5 nitrogen and oxygen atoms in total. The molecule has 2 aromatic heterocycles. The molecule has 2 aromatic rings. The molecule has 0 radical (unpaired) electrons. The molecule has 0 saturated carbocycles. The van der Waals surface area contributed by atoms with Crippen molar-refractivity contribution in [2.45, 2.75) is 0 Å². The van der Waals surface area contributed by atoms with Crippen LogP contribution in [0.25, 0.3) is 11.5 Å². The fourth-order valence-corrected chi connectivity index (χ4v) is 1.07. The summed E-state index contributed by atoms with van der Waals surface area (Å²) in [4.78, 5) is 20.2. The van der Waals surface area contributed by atoms with Gasteiger partial charge in [-0.15, -0.1) is 0 Å². The average Bonchev–Trinajstić information content (AvgIpc) is 2.53. The van der Waals surface area contributed by atoms with Crippen LogP contribution < -0.4 is 5.56 Å². The Morgan fingerprint density at radius 1 is 1.38 bits per heavy atom. The summed E-state index contributed by atoms with van der Waals surface area (Å²) in [5.74, 6) is 0.447. The number of nitrogens with zero attached hydrogens (tertiary/aromatic N) is 1. The van der Waals surface area contributed by atoms with Gasteiger partial charge in [-0.25, -0.2) is 4.98 Å². The molecule has 5 heteroatoms. The molecule has 0 aliphatic heterocycles. The molecule has 0 bridgehead atoms. The van der Waals surface area contributed by atoms with Gasteiger partial charge >= 0.3 is 0 Å². The number of hydrogen-bond donors (Lipinski definition) is 3. The van der Waals surface area contributed by atoms with Crippen LogP contribution in [-0.2, 0) is 0 Å². The number of aromatic amines is 2. The fraction of sp³-hybridized carbons (Fsp3) is 0. The maximum atomic E-state index is 10.9. The van der Waals surface area contributed by atoms with Gasteiger partial charge in [0.15, 0.2) is 5.82 Å². The number of aromatic hydroxyl groups is 1. The Kier molecular flexibility index (Phi) is 1.63. The Balaban J connectivity index is 2.59. The molecule has 2 rings (SSSR count). The zero-order valence-corrected chi connectivity index (χ0v) is 6.61. The van der Waals surface area contributed by atoms with Crippen molar-refractivity contribution in [1.82, 2.24) is 15.0 Å². The van der Waals surface area contributed by atoms with E-state index < -0.39 is 0 Å². The Labute approximate surface area is 73.1 Å². The predicted octanol–water partition coefficient (Wildman–Crippen LogP) is 0.471. The lowest BCUT2D eigenvalue weighted by Crippen LogP contribution is -2.04. The van der Waals surface area contributed by atoms with Crippen molar-refractivity contribution < 1.29 is 5.11 Å². The second-order valence-electron chi connectivity index (χ2n) is 2.55. The highest BCUT2D eigenvalue weighted by molar-refractivity contribution is 5.50. The Hall–Kier alpha value is -2.04. The number of imidazole rings is 1. The highest BCUT2D eigenvalue weighted by Gasteiger charge is 2.01. The quantitative estimate of drug-likeness (QED) is 0.592. The van der Waals surface area contributed by atoms with Crippen LogP contribution in [0, 0.1) is 0 Å². The zero-order valence-electron chi connectivity index (χ0n) is 6.61. The lowest BCUT2D eigenvalue weighted by atomic mass is 10.3. The molecule has 2 heterocycles. The molecule has 0 saturated heterocycles. The van der Waals surface area contributed by atoms with Crippen molar-refractivity contribution in [3.05, 3.63) is 34.9 Å². The van der Waals surface area contributed by atoms with E-state index in [-0.39, 0.29) is 11.3 Å². The van der Waals surface area contributed by atoms with Crippen LogP contribution in [0.2, 0.25) is 0 Å². The van der Waals surface area contributed by atoms with Gasteiger partial charge in [-0.3, -0.25) is 4.79 Å². The first-order valence-corrected chi connectivity index (χ1v) is 3.69. The summed E-state index contributed by atoms with van der Waals surface area (Å²) >= 11 is 0. The highest BCUT2D eigenvalue weighted by Crippen LogP contribution is 2.13. The fourth-order valence-electron chi connectivity index (χ4n) is 1.07. The second-order valence-corrected chi connectivity index (χ2v) is 2.55. The van der Waals surface area contributed by atoms with E-state index in [2.05, 4.69) is 15.0 Å². The van der Waals surface area contributed by atoms with Crippen LogP contribution >= 0.6 is 0 Å². The van der Waals surface area contributed by atoms with E-state index >= 15 is 0 Å². The zero-order chi connectivity index (χ0) is 9.26. The van der Waals surface area contributed by atoms with Crippen LogP contribution in [0.4, 0.5) is 0 Å². The SMILES string of the molecule is O=c1cc(O)cc(-c2ncc[nH]2)[nH]1. The van der Waals surface area contributed by atoms with Gasteiger partial charge < -0.3 is 15.1 Å². The number of nitrogens with one attached hydrogen (secondary N) is 2. The topological polar surface area (TPSA) is 81.8 Å². The maximum Gasteiger partial charge on any atom is 0.252 e. The predicted molar refractivity (Wildman–Crippen MR) is 46.3 cm³/mol. The number of pyridine rings is 1. The smallest absolute Gasteiger partial charge is 0.252 e. The van der Waals surface area contributed by atoms with Crippen LogP contribution in [0.5, 0.6) is 5.75 Å². The summed E-state index contributed by atoms with van der Waals surface area (Å²) in [6, 6.07) is 2.53. The van der Waals surface area contributed by atoms with Gasteiger partial charge in [0.25, 0.3) is 5.56 Å². The largest absolute Gasteiger partial charge is 0.508 e. The van der Waals surface area contributed by atoms with E-state index in [1.165, 1.54) is 6.07 Å². The molecule has 0 aromatic carbocycles. The average molecular weight is 177 g/mol. The minimum atomic E-state index is -0.355. The molecular formula is C8H7N3O2. The third kappa shape index (κ3) is 1.44. The lowest BCUT2D eigenvalue weighted by molar-refractivity contribution is 0.474. The molecule has 3 N–H and O–H groups in total. The third-order valence-electron chi connectivity index (χ3n) is 1.58. The van der Waals surface area contributed by atoms with Crippen LogP contribution in [0.1, 0.15) is 0 Å². The summed E-state index contributed by atoms with van der Waals surface area (Å²) in [6.07, 6.45) is 3.20. The molecule has 13 heavy (non-hydrogen) atoms. The van der Waals surface area contributed by atoms with Gasteiger partial charge in [0.05, 0.1) is 5.69 Å². The third-order valence-corrected chi connectivity index (χ3v) is 1.58. The molecule has 0 amide bonds. The normalized spacial score (nSPS) is 10.2. The minimum absolute atomic E-state index is 0.0739. The van der Waals surface area contributed by atoms with E-state index in [0.717, 1.165) is 6.07 Å². The monoisotopic (exact) mass is 177 g/mol. The summed E-state index contributed by atoms with van der Waals surface area (Å²) in [5, 5.41) is 9.13. The van der Waals surface area contributed by atoms with E-state index in [4.69, 9.17) is 5.11 Å². The molecule has 66 valence electrons. The van der Waals surface area contributed by atoms with E-state index in [1.807, 2.05) is 0 Å². The highest BCUT2D eigenvalue weighted by atomic mass is 16.3. The first kappa shape index (κ1) is 7.60. The van der Waals surface area contributed by atoms with E-state index in [0.29, 0.717) is 11.5 Å². The summed E-state index contributed by atoms with van der Waals surface area (Å²) < 4.78 is 0. The standard InChI is InChI=1S/C8H7N3O2/c12-5-3-6(11-7(13)4-5)8-9-1-2-10-8/h1-4H,(H,9,10)(H2,11,12,13). The molecule has 0 aliphatic carbocycles. The molecule has 0 unspecified atom stereocenters. The number of hydrogen-bond acceptors (Lipinski definition) is 3. The molecule has 0 spiro atoms. The van der Waals surface area contributed by atoms with Crippen molar-refractivity contribution in [3.63, 3.8) is 0 Å². The summed E-state index contributed by atoms with van der Waals surface area (Å²) in [7, 11) is 0. The number of H-pyrrole nitrogens is 2. The van der Waals surface area contributed by atoms with Gasteiger partial charge in [0.1, 0.15) is 5.75 Å². The Morgan fingerprint density at radius 3 is 2.85 bits per heavy atom. The first-order chi connectivity index (χ1) is 6.25. The Bertz CT molecular complexity index is 458. The van der Waals surface area contributed by atoms with Crippen molar-refractivity contribution in [2.24, 2.45) is 0 Å². The van der Waals surface area contributed by atoms with Crippen molar-refractivity contribution in [3.8, 4) is 17.3 Å². The van der Waals surface area contributed by atoms with Crippen LogP contribution in [0.15, 0.2) is 29.3 Å². The maximum absolute atomic E-state index is 10.9. The summed E-state index contributed by atoms with van der Waals surface area (Å²) in [6.45, 7) is 0. The molecule has 0 aliphatic rings. The molecule has 0 fully saturated rings. The minimum Gasteiger partial charge on any atom is -0.508 e.